The lowest BCUT2D eigenvalue weighted by Gasteiger charge is -2.33. The minimum Gasteiger partial charge on any atom is -0.351 e. The lowest BCUT2D eigenvalue weighted by molar-refractivity contribution is -0.384. The van der Waals surface area contributed by atoms with Gasteiger partial charge < -0.3 is 15.5 Å². The fraction of sp³-hybridized carbons (Fsp3) is 0.375. The number of likely N-dealkylation sites (N-methyl/N-ethyl adjacent to an activating group) is 1. The molecule has 1 amide bonds. The summed E-state index contributed by atoms with van der Waals surface area (Å²) in [5.41, 5.74) is 2.02. The van der Waals surface area contributed by atoms with Gasteiger partial charge in [0.15, 0.2) is 5.11 Å². The van der Waals surface area contributed by atoms with Crippen molar-refractivity contribution in [3.8, 4) is 0 Å². The predicted octanol–water partition coefficient (Wildman–Crippen LogP) is 2.26. The highest BCUT2D eigenvalue weighted by Gasteiger charge is 2.31. The Balaban J connectivity index is 2.44. The molecule has 0 saturated heterocycles. The number of amides is 1. The molecule has 2 N–H and O–H groups in total. The van der Waals surface area contributed by atoms with E-state index in [1.54, 1.807) is 17.0 Å². The molecule has 1 aromatic rings. The summed E-state index contributed by atoms with van der Waals surface area (Å²) in [7, 11) is 0. The lowest BCUT2D eigenvalue weighted by atomic mass is 9.94. The number of carbonyl (C=O) groups excluding carboxylic acids is 1. The van der Waals surface area contributed by atoms with Crippen LogP contribution in [-0.2, 0) is 4.79 Å². The Hall–Kier alpha value is -2.48. The van der Waals surface area contributed by atoms with E-state index in [4.69, 9.17) is 12.2 Å². The van der Waals surface area contributed by atoms with Crippen molar-refractivity contribution in [1.82, 2.24) is 15.5 Å². The van der Waals surface area contributed by atoms with Crippen molar-refractivity contribution in [3.05, 3.63) is 51.2 Å². The Labute approximate surface area is 145 Å². The summed E-state index contributed by atoms with van der Waals surface area (Å²) in [5, 5.41) is 17.3. The number of benzene rings is 1. The van der Waals surface area contributed by atoms with E-state index < -0.39 is 11.0 Å². The summed E-state index contributed by atoms with van der Waals surface area (Å²) in [6, 6.07) is 5.71. The molecule has 1 aliphatic heterocycles. The number of non-ortho nitro benzene ring substituents is 1. The highest BCUT2D eigenvalue weighted by Crippen LogP contribution is 2.29. The number of hydrogen-bond donors (Lipinski definition) is 2. The Bertz CT molecular complexity index is 696. The summed E-state index contributed by atoms with van der Waals surface area (Å²) in [6.07, 6.45) is 0. The summed E-state index contributed by atoms with van der Waals surface area (Å²) in [5.74, 6) is -0.0802. The Morgan fingerprint density at radius 3 is 2.38 bits per heavy atom. The number of nitrogens with zero attached hydrogens (tertiary/aromatic N) is 2. The number of nitrogens with one attached hydrogen (secondary N) is 2. The molecular weight excluding hydrogens is 328 g/mol. The maximum atomic E-state index is 12.9. The second kappa shape index (κ2) is 7.39. The van der Waals surface area contributed by atoms with Crippen molar-refractivity contribution in [2.75, 3.05) is 13.1 Å². The van der Waals surface area contributed by atoms with Crippen LogP contribution in [-0.4, -0.2) is 33.9 Å². The van der Waals surface area contributed by atoms with E-state index in [0.717, 1.165) is 5.56 Å². The molecule has 1 aliphatic rings. The van der Waals surface area contributed by atoms with Gasteiger partial charge in [0, 0.05) is 30.9 Å². The summed E-state index contributed by atoms with van der Waals surface area (Å²) < 4.78 is 0. The minimum atomic E-state index is -0.451. The molecule has 7 nitrogen and oxygen atoms in total. The van der Waals surface area contributed by atoms with Crippen LogP contribution in [0.5, 0.6) is 0 Å². The van der Waals surface area contributed by atoms with E-state index in [-0.39, 0.29) is 11.6 Å². The maximum absolute atomic E-state index is 12.9. The zero-order valence-corrected chi connectivity index (χ0v) is 14.6. The van der Waals surface area contributed by atoms with Gasteiger partial charge >= 0.3 is 0 Å². The normalized spacial score (nSPS) is 17.1. The number of thiocarbonyl (C=S) groups is 1. The van der Waals surface area contributed by atoms with Gasteiger partial charge in [-0.15, -0.1) is 0 Å². The van der Waals surface area contributed by atoms with E-state index in [9.17, 15) is 14.9 Å². The second-order valence-corrected chi connectivity index (χ2v) is 5.80. The van der Waals surface area contributed by atoms with Crippen molar-refractivity contribution >= 4 is 28.9 Å². The first-order valence-corrected chi connectivity index (χ1v) is 8.11. The molecule has 0 radical (unpaired) electrons. The number of carbonyl (C=O) groups is 1. The first-order chi connectivity index (χ1) is 11.4. The van der Waals surface area contributed by atoms with Crippen molar-refractivity contribution in [3.63, 3.8) is 0 Å². The van der Waals surface area contributed by atoms with E-state index in [1.807, 2.05) is 20.8 Å². The molecule has 0 aromatic heterocycles. The summed E-state index contributed by atoms with van der Waals surface area (Å²) >= 11 is 5.20. The lowest BCUT2D eigenvalue weighted by Crippen LogP contribution is -2.47. The number of hydrogen-bond acceptors (Lipinski definition) is 4. The van der Waals surface area contributed by atoms with Crippen LogP contribution in [0.25, 0.3) is 0 Å². The molecule has 128 valence electrons. The van der Waals surface area contributed by atoms with Gasteiger partial charge in [-0.1, -0.05) is 0 Å². The van der Waals surface area contributed by atoms with Crippen molar-refractivity contribution < 1.29 is 9.72 Å². The third-order valence-electron chi connectivity index (χ3n) is 3.99. The van der Waals surface area contributed by atoms with Crippen LogP contribution in [0.2, 0.25) is 0 Å². The highest BCUT2D eigenvalue weighted by atomic mass is 32.1. The molecule has 0 spiro atoms. The standard InChI is InChI=1S/C16H20N4O3S/c1-4-19(5-2)15(21)13-10(3)17-16(24)18-14(13)11-6-8-12(9-7-11)20(22)23/h6-9,14H,4-5H2,1-3H3,(H2,17,18,24). The van der Waals surface area contributed by atoms with E-state index in [0.29, 0.717) is 29.5 Å². The van der Waals surface area contributed by atoms with Gasteiger partial charge in [0.1, 0.15) is 0 Å². The third-order valence-corrected chi connectivity index (χ3v) is 4.21. The molecule has 24 heavy (non-hydrogen) atoms. The molecule has 1 unspecified atom stereocenters. The Morgan fingerprint density at radius 2 is 1.88 bits per heavy atom. The van der Waals surface area contributed by atoms with Crippen LogP contribution in [0.1, 0.15) is 32.4 Å². The summed E-state index contributed by atoms with van der Waals surface area (Å²) in [4.78, 5) is 25.0. The molecule has 1 atom stereocenters. The Morgan fingerprint density at radius 1 is 1.29 bits per heavy atom. The first kappa shape index (κ1) is 17.9. The van der Waals surface area contributed by atoms with Crippen LogP contribution in [0.4, 0.5) is 5.69 Å². The van der Waals surface area contributed by atoms with Crippen LogP contribution < -0.4 is 10.6 Å². The smallest absolute Gasteiger partial charge is 0.269 e. The van der Waals surface area contributed by atoms with E-state index >= 15 is 0 Å². The third kappa shape index (κ3) is 3.53. The van der Waals surface area contributed by atoms with Crippen LogP contribution in [0.15, 0.2) is 35.5 Å². The van der Waals surface area contributed by atoms with Gasteiger partial charge in [0.05, 0.1) is 16.5 Å². The topological polar surface area (TPSA) is 87.5 Å². The van der Waals surface area contributed by atoms with E-state index in [2.05, 4.69) is 10.6 Å². The van der Waals surface area contributed by atoms with Crippen LogP contribution >= 0.6 is 12.2 Å². The summed E-state index contributed by atoms with van der Waals surface area (Å²) in [6.45, 7) is 6.86. The SMILES string of the molecule is CCN(CC)C(=O)C1=C(C)NC(=S)NC1c1ccc([N+](=O)[O-])cc1. The quantitative estimate of drug-likeness (QED) is 0.482. The zero-order valence-electron chi connectivity index (χ0n) is 13.8. The molecule has 1 aromatic carbocycles. The number of rotatable bonds is 5. The molecule has 0 bridgehead atoms. The van der Waals surface area contributed by atoms with Gasteiger partial charge in [-0.25, -0.2) is 0 Å². The van der Waals surface area contributed by atoms with Gasteiger partial charge in [-0.2, -0.15) is 0 Å². The van der Waals surface area contributed by atoms with Crippen LogP contribution in [0, 0.1) is 10.1 Å². The first-order valence-electron chi connectivity index (χ1n) is 7.70. The predicted molar refractivity (Wildman–Crippen MR) is 95.3 cm³/mol. The molecule has 2 rings (SSSR count). The highest BCUT2D eigenvalue weighted by molar-refractivity contribution is 7.80. The molecule has 0 aliphatic carbocycles. The molecular formula is C16H20N4O3S. The average molecular weight is 348 g/mol. The number of nitro groups is 1. The van der Waals surface area contributed by atoms with Gasteiger partial charge in [-0.05, 0) is 50.7 Å². The largest absolute Gasteiger partial charge is 0.351 e. The van der Waals surface area contributed by atoms with Crippen molar-refractivity contribution in [2.24, 2.45) is 0 Å². The monoisotopic (exact) mass is 348 g/mol. The van der Waals surface area contributed by atoms with E-state index in [1.165, 1.54) is 12.1 Å². The van der Waals surface area contributed by atoms with Crippen molar-refractivity contribution in [1.29, 1.82) is 0 Å². The second-order valence-electron chi connectivity index (χ2n) is 5.40. The fourth-order valence-corrected chi connectivity index (χ4v) is 2.97. The molecule has 8 heteroatoms. The van der Waals surface area contributed by atoms with Gasteiger partial charge in [0.25, 0.3) is 11.6 Å². The molecule has 0 fully saturated rings. The number of nitro benzene ring substituents is 1. The average Bonchev–Trinajstić information content (AvgIpc) is 2.55. The van der Waals surface area contributed by atoms with Gasteiger partial charge in [0.2, 0.25) is 0 Å². The van der Waals surface area contributed by atoms with Gasteiger partial charge in [-0.3, -0.25) is 14.9 Å². The minimum absolute atomic E-state index is 0.00702. The molecule has 0 saturated carbocycles. The zero-order chi connectivity index (χ0) is 17.9. The van der Waals surface area contributed by atoms with Crippen molar-refractivity contribution in [2.45, 2.75) is 26.8 Å². The number of allylic oxidation sites excluding steroid dienone is 1. The molecule has 1 heterocycles. The van der Waals surface area contributed by atoms with Crippen LogP contribution in [0.3, 0.4) is 0 Å². The maximum Gasteiger partial charge on any atom is 0.269 e. The fourth-order valence-electron chi connectivity index (χ4n) is 2.70. The Kier molecular flexibility index (Phi) is 5.50.